The van der Waals surface area contributed by atoms with E-state index in [4.69, 9.17) is 42.8 Å². The second kappa shape index (κ2) is 13.9. The third kappa shape index (κ3) is 7.07. The lowest BCUT2D eigenvalue weighted by Crippen LogP contribution is -2.56. The molecule has 1 aliphatic carbocycles. The Hall–Kier alpha value is -3.14. The fourth-order valence-corrected chi connectivity index (χ4v) is 5.88. The molecule has 0 spiro atoms. The normalized spacial score (nSPS) is 23.6. The number of hydrogen-bond acceptors (Lipinski definition) is 7. The molecule has 222 valence electrons. The summed E-state index contributed by atoms with van der Waals surface area (Å²) in [5.74, 6) is 0.602. The lowest BCUT2D eigenvalue weighted by Gasteiger charge is -2.33. The van der Waals surface area contributed by atoms with Gasteiger partial charge in [-0.05, 0) is 67.6 Å². The number of hydrazine groups is 1. The number of nitrogens with zero attached hydrogens (tertiary/aromatic N) is 1. The fourth-order valence-electron chi connectivity index (χ4n) is 5.38. The van der Waals surface area contributed by atoms with Crippen molar-refractivity contribution in [1.82, 2.24) is 10.9 Å². The van der Waals surface area contributed by atoms with Gasteiger partial charge in [0.05, 0.1) is 12.7 Å². The molecule has 0 saturated heterocycles. The predicted octanol–water partition coefficient (Wildman–Crippen LogP) is 5.18. The summed E-state index contributed by atoms with van der Waals surface area (Å²) in [7, 11) is 0. The van der Waals surface area contributed by atoms with Crippen molar-refractivity contribution in [2.75, 3.05) is 13.2 Å². The summed E-state index contributed by atoms with van der Waals surface area (Å²) in [5, 5.41) is 19.8. The Morgan fingerprint density at radius 3 is 2.45 bits per heavy atom. The second-order valence-corrected chi connectivity index (χ2v) is 11.6. The van der Waals surface area contributed by atoms with Crippen LogP contribution in [0.25, 0.3) is 0 Å². The zero-order valence-corrected chi connectivity index (χ0v) is 24.7. The molecule has 3 aromatic rings. The van der Waals surface area contributed by atoms with Crippen LogP contribution in [0, 0.1) is 0 Å². The van der Waals surface area contributed by atoms with E-state index in [1.54, 1.807) is 30.3 Å². The van der Waals surface area contributed by atoms with Gasteiger partial charge in [-0.3, -0.25) is 10.2 Å². The molecule has 2 aliphatic rings. The zero-order chi connectivity index (χ0) is 29.5. The maximum Gasteiger partial charge on any atom is 0.266 e. The van der Waals surface area contributed by atoms with E-state index in [1.807, 2.05) is 42.5 Å². The molecule has 10 heteroatoms. The molecule has 3 aromatic carbocycles. The third-order valence-electron chi connectivity index (χ3n) is 7.68. The highest BCUT2D eigenvalue weighted by Gasteiger charge is 2.54. The average Bonchev–Trinajstić information content (AvgIpc) is 3.37. The molecule has 0 radical (unpaired) electrons. The molecular weight excluding hydrogens is 577 g/mol. The van der Waals surface area contributed by atoms with Gasteiger partial charge in [0.25, 0.3) is 5.91 Å². The molecule has 8 nitrogen and oxygen atoms in total. The highest BCUT2D eigenvalue weighted by molar-refractivity contribution is 6.35. The van der Waals surface area contributed by atoms with Crippen molar-refractivity contribution in [3.63, 3.8) is 0 Å². The molecule has 0 aromatic heterocycles. The van der Waals surface area contributed by atoms with E-state index in [0.717, 1.165) is 18.4 Å². The van der Waals surface area contributed by atoms with E-state index >= 15 is 0 Å². The molecule has 0 bridgehead atoms. The molecule has 4 N–H and O–H groups in total. The highest BCUT2D eigenvalue weighted by Crippen LogP contribution is 2.45. The molecule has 1 fully saturated rings. The smallest absolute Gasteiger partial charge is 0.266 e. The van der Waals surface area contributed by atoms with Crippen molar-refractivity contribution in [2.45, 2.75) is 62.3 Å². The van der Waals surface area contributed by atoms with E-state index < -0.39 is 11.6 Å². The van der Waals surface area contributed by atoms with Gasteiger partial charge in [-0.15, -0.1) is 0 Å². The maximum absolute atomic E-state index is 14.3. The van der Waals surface area contributed by atoms with Gasteiger partial charge in [-0.25, -0.2) is 10.4 Å². The lowest BCUT2D eigenvalue weighted by molar-refractivity contribution is -0.130. The molecule has 2 atom stereocenters. The molecule has 5 rings (SSSR count). The van der Waals surface area contributed by atoms with Gasteiger partial charge in [0.15, 0.2) is 11.6 Å². The molecule has 1 amide bonds. The Bertz CT molecular complexity index is 1380. The molecule has 1 heterocycles. The Balaban J connectivity index is 1.52. The SMILES string of the molecule is O=C(NNC1CCC(O)CC1)[C@@]1(Cc2ccccc2)N=C(c2ccc(OCCCO)cc2)O[C@H]1c1ccc(Cl)cc1Cl. The Kier molecular flexibility index (Phi) is 10.0. The first-order chi connectivity index (χ1) is 20.4. The summed E-state index contributed by atoms with van der Waals surface area (Å²) < 4.78 is 12.2. The summed E-state index contributed by atoms with van der Waals surface area (Å²) in [6.45, 7) is 0.457. The van der Waals surface area contributed by atoms with Crippen LogP contribution in [0.4, 0.5) is 0 Å². The Morgan fingerprint density at radius 1 is 1.02 bits per heavy atom. The second-order valence-electron chi connectivity index (χ2n) is 10.7. The summed E-state index contributed by atoms with van der Waals surface area (Å²) in [6, 6.07) is 22.1. The molecular formula is C32H35Cl2N3O5. The zero-order valence-electron chi connectivity index (χ0n) is 23.1. The number of carbonyl (C=O) groups excluding carboxylic acids is 1. The average molecular weight is 613 g/mol. The van der Waals surface area contributed by atoms with Gasteiger partial charge < -0.3 is 19.7 Å². The molecule has 42 heavy (non-hydrogen) atoms. The topological polar surface area (TPSA) is 112 Å². The van der Waals surface area contributed by atoms with Gasteiger partial charge in [0, 0.05) is 46.7 Å². The first-order valence-corrected chi connectivity index (χ1v) is 15.0. The van der Waals surface area contributed by atoms with Crippen molar-refractivity contribution in [3.8, 4) is 5.75 Å². The van der Waals surface area contributed by atoms with Crippen LogP contribution in [0.2, 0.25) is 10.0 Å². The number of benzene rings is 3. The van der Waals surface area contributed by atoms with Crippen LogP contribution in [0.15, 0.2) is 77.8 Å². The minimum Gasteiger partial charge on any atom is -0.494 e. The summed E-state index contributed by atoms with van der Waals surface area (Å²) in [4.78, 5) is 19.3. The quantitative estimate of drug-likeness (QED) is 0.176. The lowest BCUT2D eigenvalue weighted by atomic mass is 9.82. The van der Waals surface area contributed by atoms with Crippen molar-refractivity contribution in [1.29, 1.82) is 0 Å². The van der Waals surface area contributed by atoms with Crippen LogP contribution in [0.5, 0.6) is 5.75 Å². The first kappa shape index (κ1) is 30.3. The van der Waals surface area contributed by atoms with E-state index in [2.05, 4.69) is 10.9 Å². The van der Waals surface area contributed by atoms with Crippen LogP contribution in [-0.4, -0.2) is 52.9 Å². The van der Waals surface area contributed by atoms with Crippen LogP contribution < -0.4 is 15.6 Å². The first-order valence-electron chi connectivity index (χ1n) is 14.2. The number of amides is 1. The maximum atomic E-state index is 14.3. The standard InChI is InChI=1S/C32H35Cl2N3O5/c33-23-9-16-27(28(34)19-23)29-32(20-21-5-2-1-3-6-21,31(40)37-36-24-10-12-25(39)13-11-24)35-30(42-29)22-7-14-26(15-8-22)41-18-4-17-38/h1-3,5-9,14-16,19,24-25,29,36,38-39H,4,10-13,17-18,20H2,(H,37,40)/t24?,25?,29-,32-/m0/s1. The van der Waals surface area contributed by atoms with Crippen molar-refractivity contribution < 1.29 is 24.5 Å². The monoisotopic (exact) mass is 611 g/mol. The van der Waals surface area contributed by atoms with Crippen molar-refractivity contribution in [2.24, 2.45) is 4.99 Å². The molecule has 1 saturated carbocycles. The number of nitrogens with one attached hydrogen (secondary N) is 2. The molecule has 1 aliphatic heterocycles. The van der Waals surface area contributed by atoms with Crippen LogP contribution in [-0.2, 0) is 16.0 Å². The van der Waals surface area contributed by atoms with Crippen LogP contribution in [0.3, 0.4) is 0 Å². The van der Waals surface area contributed by atoms with Gasteiger partial charge in [0.2, 0.25) is 5.90 Å². The van der Waals surface area contributed by atoms with E-state index in [-0.39, 0.29) is 31.1 Å². The number of ether oxygens (including phenoxy) is 2. The fraction of sp³-hybridized carbons (Fsp3) is 0.375. The van der Waals surface area contributed by atoms with E-state index in [1.165, 1.54) is 0 Å². The van der Waals surface area contributed by atoms with Gasteiger partial charge in [-0.1, -0.05) is 59.6 Å². The minimum absolute atomic E-state index is 0.0350. The number of aliphatic imine (C=N–C) groups is 1. The number of aliphatic hydroxyl groups is 2. The van der Waals surface area contributed by atoms with Crippen LogP contribution in [0.1, 0.15) is 54.9 Å². The summed E-state index contributed by atoms with van der Waals surface area (Å²) >= 11 is 12.9. The summed E-state index contributed by atoms with van der Waals surface area (Å²) in [5.41, 5.74) is 6.90. The van der Waals surface area contributed by atoms with Crippen molar-refractivity contribution in [3.05, 3.63) is 99.5 Å². The number of hydrogen-bond donors (Lipinski definition) is 4. The highest BCUT2D eigenvalue weighted by atomic mass is 35.5. The van der Waals surface area contributed by atoms with Crippen LogP contribution >= 0.6 is 23.2 Å². The third-order valence-corrected chi connectivity index (χ3v) is 8.24. The van der Waals surface area contributed by atoms with E-state index in [0.29, 0.717) is 58.7 Å². The largest absolute Gasteiger partial charge is 0.494 e. The Morgan fingerprint density at radius 2 is 1.76 bits per heavy atom. The number of carbonyl (C=O) groups is 1. The predicted molar refractivity (Wildman–Crippen MR) is 163 cm³/mol. The number of aliphatic hydroxyl groups excluding tert-OH is 2. The van der Waals surface area contributed by atoms with Crippen molar-refractivity contribution >= 4 is 35.0 Å². The summed E-state index contributed by atoms with van der Waals surface area (Å²) in [6.07, 6.45) is 2.48. The molecule has 0 unspecified atom stereocenters. The Labute approximate surface area is 255 Å². The van der Waals surface area contributed by atoms with Gasteiger partial charge >= 0.3 is 0 Å². The number of rotatable bonds is 11. The van der Waals surface area contributed by atoms with Gasteiger partial charge in [-0.2, -0.15) is 0 Å². The number of halogens is 2. The van der Waals surface area contributed by atoms with Gasteiger partial charge in [0.1, 0.15) is 5.75 Å². The minimum atomic E-state index is -1.41. The van der Waals surface area contributed by atoms with E-state index in [9.17, 15) is 9.90 Å².